The van der Waals surface area contributed by atoms with E-state index in [0.29, 0.717) is 28.9 Å². The minimum Gasteiger partial charge on any atom is -0.481 e. The number of aliphatic carboxylic acids is 1. The molecule has 1 aromatic heterocycles. The molecular formula is C34H54FN3O7SSi2. The van der Waals surface area contributed by atoms with Gasteiger partial charge in [0.05, 0.1) is 36.3 Å². The third-order valence-electron chi connectivity index (χ3n) is 9.01. The van der Waals surface area contributed by atoms with Crippen molar-refractivity contribution < 1.29 is 35.7 Å². The molecule has 1 fully saturated rings. The van der Waals surface area contributed by atoms with Gasteiger partial charge in [0, 0.05) is 24.6 Å². The summed E-state index contributed by atoms with van der Waals surface area (Å²) in [4.78, 5) is 21.5. The van der Waals surface area contributed by atoms with E-state index in [2.05, 4.69) is 60.4 Å². The van der Waals surface area contributed by atoms with Gasteiger partial charge in [0.25, 0.3) is 0 Å². The van der Waals surface area contributed by atoms with Crippen LogP contribution in [0.2, 0.25) is 22.2 Å². The van der Waals surface area contributed by atoms with Gasteiger partial charge in [0.15, 0.2) is 0 Å². The maximum atomic E-state index is 14.0. The first-order chi connectivity index (χ1) is 22.1. The molecular weight excluding hydrogens is 670 g/mol. The molecule has 0 radical (unpaired) electrons. The Morgan fingerprint density at radius 3 is 1.94 bits per heavy atom. The number of sulfonamides is 1. The van der Waals surface area contributed by atoms with Gasteiger partial charge in [0.2, 0.25) is 16.0 Å². The summed E-state index contributed by atoms with van der Waals surface area (Å²) in [5.41, 5.74) is 2.46. The first-order valence-electron chi connectivity index (χ1n) is 16.7. The fourth-order valence-electron chi connectivity index (χ4n) is 6.34. The third-order valence-corrected chi connectivity index (χ3v) is 20.5. The fourth-order valence-corrected chi connectivity index (χ4v) is 18.0. The summed E-state index contributed by atoms with van der Waals surface area (Å²) in [5.74, 6) is -1.53. The molecule has 2 aromatic rings. The van der Waals surface area contributed by atoms with Gasteiger partial charge in [-0.1, -0.05) is 81.4 Å². The van der Waals surface area contributed by atoms with Crippen LogP contribution in [0.1, 0.15) is 99.3 Å². The van der Waals surface area contributed by atoms with Gasteiger partial charge in [-0.05, 0) is 52.3 Å². The number of hydrogen-bond acceptors (Lipinski definition) is 8. The molecule has 14 heteroatoms. The smallest absolute Gasteiger partial charge is 0.335 e. The third kappa shape index (κ3) is 8.80. The van der Waals surface area contributed by atoms with Gasteiger partial charge in [-0.25, -0.2) is 27.1 Å². The average molecular weight is 724 g/mol. The molecule has 0 bridgehead atoms. The fraction of sp³-hybridized carbons (Fsp3) is 0.618. The first-order valence-corrected chi connectivity index (χ1v) is 22.5. The highest BCUT2D eigenvalue weighted by Gasteiger charge is 2.58. The molecule has 1 aliphatic heterocycles. The molecule has 1 aliphatic rings. The van der Waals surface area contributed by atoms with E-state index in [4.69, 9.17) is 18.0 Å². The van der Waals surface area contributed by atoms with Crippen molar-refractivity contribution in [3.05, 3.63) is 47.4 Å². The Morgan fingerprint density at radius 2 is 1.48 bits per heavy atom. The van der Waals surface area contributed by atoms with Crippen molar-refractivity contribution in [2.45, 2.75) is 122 Å². The molecule has 0 amide bonds. The summed E-state index contributed by atoms with van der Waals surface area (Å²) >= 11 is 0. The lowest BCUT2D eigenvalue weighted by Crippen LogP contribution is -2.64. The lowest BCUT2D eigenvalue weighted by Gasteiger charge is -2.52. The molecule has 10 nitrogen and oxygen atoms in total. The quantitative estimate of drug-likeness (QED) is 0.217. The average Bonchev–Trinajstić information content (AvgIpc) is 2.95. The Morgan fingerprint density at radius 1 is 0.958 bits per heavy atom. The summed E-state index contributed by atoms with van der Waals surface area (Å²) < 4.78 is 61.5. The van der Waals surface area contributed by atoms with E-state index in [1.54, 1.807) is 12.1 Å². The molecule has 0 aliphatic carbocycles. The van der Waals surface area contributed by atoms with E-state index < -0.39 is 51.1 Å². The normalized spacial score (nSPS) is 20.2. The number of aromatic nitrogens is 2. The SMILES string of the molecule is CC(C)c1nc(N(C)S(C)(=O)=O)nc(-c2ccc(F)cc2)c1/C=C/C1CC(CC(=O)O)O[Si](C(C)C)(C(C)C)O[Si](C(C)C)(C(C)C)O1. The highest BCUT2D eigenvalue weighted by atomic mass is 32.2. The first kappa shape index (κ1) is 39.9. The second-order valence-electron chi connectivity index (χ2n) is 14.3. The second-order valence-corrected chi connectivity index (χ2v) is 25.1. The molecule has 3 rings (SSSR count). The van der Waals surface area contributed by atoms with Gasteiger partial charge in [-0.15, -0.1) is 0 Å². The Balaban J connectivity index is 2.29. The number of anilines is 1. The Kier molecular flexibility index (Phi) is 13.0. The van der Waals surface area contributed by atoms with Crippen LogP contribution >= 0.6 is 0 Å². The van der Waals surface area contributed by atoms with E-state index in [0.717, 1.165) is 10.6 Å². The minimum atomic E-state index is -3.68. The standard InChI is InChI=1S/C34H54FN3O7SSi2/c1-21(2)32-30(33(26-13-15-27(35)16-14-26)37-34(36-32)38(11)46(12,41)42)18-17-28-19-29(20-31(39)40)44-48(24(7)8,25(9)10)45-47(43-28,22(3)4)23(5)6/h13-18,21-25,28-29H,19-20H2,1-12H3,(H,39,40)/b18-17+. The number of carbonyl (C=O) groups is 1. The van der Waals surface area contributed by atoms with Gasteiger partial charge >= 0.3 is 23.1 Å². The van der Waals surface area contributed by atoms with Gasteiger partial charge in [0.1, 0.15) is 5.82 Å². The highest BCUT2D eigenvalue weighted by molar-refractivity contribution is 7.92. The summed E-state index contributed by atoms with van der Waals surface area (Å²) in [6, 6.07) is 5.84. The van der Waals surface area contributed by atoms with E-state index in [9.17, 15) is 22.7 Å². The predicted molar refractivity (Wildman–Crippen MR) is 193 cm³/mol. The monoisotopic (exact) mass is 723 g/mol. The molecule has 1 saturated heterocycles. The number of rotatable bonds is 12. The lowest BCUT2D eigenvalue weighted by atomic mass is 9.97. The van der Waals surface area contributed by atoms with E-state index in [-0.39, 0.29) is 40.5 Å². The summed E-state index contributed by atoms with van der Waals surface area (Å²) in [5, 5.41) is 9.91. The second kappa shape index (κ2) is 15.6. The number of hydrogen-bond donors (Lipinski definition) is 1. The van der Waals surface area contributed by atoms with Crippen LogP contribution in [0.15, 0.2) is 30.3 Å². The zero-order valence-electron chi connectivity index (χ0n) is 30.4. The van der Waals surface area contributed by atoms with Crippen molar-refractivity contribution in [2.24, 2.45) is 0 Å². The summed E-state index contributed by atoms with van der Waals surface area (Å²) in [6.07, 6.45) is 3.71. The van der Waals surface area contributed by atoms with E-state index in [1.807, 2.05) is 26.0 Å². The summed E-state index contributed by atoms with van der Waals surface area (Å²) in [7, 11) is -8.31. The van der Waals surface area contributed by atoms with Crippen LogP contribution in [0.4, 0.5) is 10.3 Å². The van der Waals surface area contributed by atoms with Crippen LogP contribution < -0.4 is 4.31 Å². The Hall–Kier alpha value is -2.50. The predicted octanol–water partition coefficient (Wildman–Crippen LogP) is 8.00. The lowest BCUT2D eigenvalue weighted by molar-refractivity contribution is -0.139. The van der Waals surface area contributed by atoms with Crippen LogP contribution in [-0.4, -0.2) is 72.1 Å². The zero-order chi connectivity index (χ0) is 36.4. The maximum Gasteiger partial charge on any atom is 0.335 e. The van der Waals surface area contributed by atoms with Crippen molar-refractivity contribution in [1.29, 1.82) is 0 Å². The van der Waals surface area contributed by atoms with Crippen molar-refractivity contribution >= 4 is 45.1 Å². The van der Waals surface area contributed by atoms with Crippen molar-refractivity contribution in [1.82, 2.24) is 9.97 Å². The van der Waals surface area contributed by atoms with Gasteiger partial charge in [-0.2, -0.15) is 0 Å². The van der Waals surface area contributed by atoms with Crippen LogP contribution in [0, 0.1) is 5.82 Å². The number of carboxylic acid groups (broad SMARTS) is 1. The Labute approximate surface area is 288 Å². The van der Waals surface area contributed by atoms with Crippen LogP contribution in [0.3, 0.4) is 0 Å². The Bertz CT molecular complexity index is 1550. The molecule has 1 N–H and O–H groups in total. The minimum absolute atomic E-state index is 0.00193. The van der Waals surface area contributed by atoms with Crippen LogP contribution in [0.25, 0.3) is 17.3 Å². The van der Waals surface area contributed by atoms with Crippen LogP contribution in [0.5, 0.6) is 0 Å². The van der Waals surface area contributed by atoms with Crippen LogP contribution in [-0.2, 0) is 27.8 Å². The molecule has 2 unspecified atom stereocenters. The van der Waals surface area contributed by atoms with E-state index in [1.165, 1.54) is 19.2 Å². The molecule has 0 saturated carbocycles. The molecule has 48 heavy (non-hydrogen) atoms. The van der Waals surface area contributed by atoms with Crippen molar-refractivity contribution in [3.8, 4) is 11.3 Å². The zero-order valence-corrected chi connectivity index (χ0v) is 33.3. The highest BCUT2D eigenvalue weighted by Crippen LogP contribution is 2.47. The number of benzene rings is 1. The molecule has 2 heterocycles. The molecule has 1 aromatic carbocycles. The van der Waals surface area contributed by atoms with Gasteiger partial charge < -0.3 is 18.1 Å². The van der Waals surface area contributed by atoms with E-state index >= 15 is 0 Å². The van der Waals surface area contributed by atoms with Crippen molar-refractivity contribution in [3.63, 3.8) is 0 Å². The molecule has 0 spiro atoms. The number of halogens is 1. The summed E-state index contributed by atoms with van der Waals surface area (Å²) in [6.45, 7) is 20.8. The number of carboxylic acids is 1. The maximum absolute atomic E-state index is 14.0. The molecule has 2 atom stereocenters. The topological polar surface area (TPSA) is 128 Å². The number of nitrogens with zero attached hydrogens (tertiary/aromatic N) is 3. The molecule has 268 valence electrons. The largest absolute Gasteiger partial charge is 0.481 e. The van der Waals surface area contributed by atoms with Crippen molar-refractivity contribution in [2.75, 3.05) is 17.6 Å². The van der Waals surface area contributed by atoms with Gasteiger partial charge in [-0.3, -0.25) is 4.79 Å².